The number of halogens is 3. The maximum Gasteiger partial charge on any atom is 0.416 e. The highest BCUT2D eigenvalue weighted by Crippen LogP contribution is 2.67. The molecule has 9 heteroatoms. The fourth-order valence-corrected chi connectivity index (χ4v) is 4.19. The van der Waals surface area contributed by atoms with Crippen molar-refractivity contribution in [1.29, 1.82) is 21.2 Å². The van der Waals surface area contributed by atoms with Crippen LogP contribution in [0.15, 0.2) is 24.3 Å². The summed E-state index contributed by atoms with van der Waals surface area (Å²) in [5.41, 5.74) is -4.86. The number of benzene rings is 1. The lowest BCUT2D eigenvalue weighted by Crippen LogP contribution is -2.58. The lowest BCUT2D eigenvalue weighted by atomic mass is 9.53. The van der Waals surface area contributed by atoms with E-state index >= 15 is 0 Å². The third-order valence-electron chi connectivity index (χ3n) is 5.84. The number of hydrogen-bond acceptors (Lipinski definition) is 6. The lowest BCUT2D eigenvalue weighted by molar-refractivity contribution is -0.280. The van der Waals surface area contributed by atoms with E-state index in [1.807, 2.05) is 18.2 Å². The van der Waals surface area contributed by atoms with Gasteiger partial charge < -0.3 is 9.47 Å². The summed E-state index contributed by atoms with van der Waals surface area (Å²) in [6.07, 6.45) is -5.71. The molecule has 4 atom stereocenters. The van der Waals surface area contributed by atoms with Gasteiger partial charge in [0.2, 0.25) is 17.1 Å². The van der Waals surface area contributed by atoms with Crippen molar-refractivity contribution in [2.75, 3.05) is 0 Å². The Morgan fingerprint density at radius 1 is 1.11 bits per heavy atom. The molecule has 0 amide bonds. The molecule has 2 aliphatic heterocycles. The van der Waals surface area contributed by atoms with Crippen molar-refractivity contribution in [2.45, 2.75) is 38.3 Å². The van der Waals surface area contributed by atoms with Crippen LogP contribution in [0.2, 0.25) is 0 Å². The Labute approximate surface area is 159 Å². The standard InChI is InChI=1S/C19H15F3N4O2/c1-3-18-11(2)17(10-25,15(26)28-18)16(8-23,9-24)14(27-18)12-4-6-13(7-5-12)19(20,21)22/h4-7,11,14,26H,3H2,1-2H3. The summed E-state index contributed by atoms with van der Waals surface area (Å²) in [7, 11) is 0. The number of nitrogens with one attached hydrogen (secondary N) is 1. The van der Waals surface area contributed by atoms with Crippen molar-refractivity contribution in [2.24, 2.45) is 16.7 Å². The van der Waals surface area contributed by atoms with E-state index in [-0.39, 0.29) is 12.0 Å². The minimum absolute atomic E-state index is 0.124. The van der Waals surface area contributed by atoms with Gasteiger partial charge in [-0.15, -0.1) is 0 Å². The largest absolute Gasteiger partial charge is 0.447 e. The second-order valence-corrected chi connectivity index (χ2v) is 6.89. The molecule has 2 heterocycles. The number of ether oxygens (including phenoxy) is 2. The number of rotatable bonds is 2. The number of fused-ring (bicyclic) bond motifs is 2. The predicted molar refractivity (Wildman–Crippen MR) is 88.0 cm³/mol. The van der Waals surface area contributed by atoms with Crippen LogP contribution >= 0.6 is 0 Å². The number of alkyl halides is 3. The van der Waals surface area contributed by atoms with E-state index < -0.39 is 46.3 Å². The maximum atomic E-state index is 12.9. The van der Waals surface area contributed by atoms with Crippen LogP contribution < -0.4 is 0 Å². The molecule has 2 fully saturated rings. The summed E-state index contributed by atoms with van der Waals surface area (Å²) in [6, 6.07) is 9.48. The maximum absolute atomic E-state index is 12.9. The molecular weight excluding hydrogens is 373 g/mol. The highest BCUT2D eigenvalue weighted by Gasteiger charge is 2.78. The lowest BCUT2D eigenvalue weighted by Gasteiger charge is -2.48. The van der Waals surface area contributed by atoms with Crippen LogP contribution in [0.5, 0.6) is 0 Å². The molecule has 1 aromatic rings. The minimum Gasteiger partial charge on any atom is -0.447 e. The van der Waals surface area contributed by atoms with Gasteiger partial charge in [0.1, 0.15) is 6.10 Å². The monoisotopic (exact) mass is 388 g/mol. The smallest absolute Gasteiger partial charge is 0.416 e. The summed E-state index contributed by atoms with van der Waals surface area (Å²) in [4.78, 5) is 0. The SMILES string of the molecule is CCC12OC(=N)C(C#N)(C1C)C(C#N)(C#N)C(c1ccc(C(F)(F)F)cc1)O2. The topological polar surface area (TPSA) is 114 Å². The molecule has 4 unspecified atom stereocenters. The van der Waals surface area contributed by atoms with Gasteiger partial charge in [-0.25, -0.2) is 0 Å². The Morgan fingerprint density at radius 3 is 2.11 bits per heavy atom. The fourth-order valence-electron chi connectivity index (χ4n) is 4.19. The normalized spacial score (nSPS) is 33.3. The van der Waals surface area contributed by atoms with Gasteiger partial charge in [-0.1, -0.05) is 26.0 Å². The Hall–Kier alpha value is -3.09. The molecule has 3 rings (SSSR count). The van der Waals surface area contributed by atoms with Gasteiger partial charge in [-0.3, -0.25) is 5.41 Å². The van der Waals surface area contributed by atoms with Crippen molar-refractivity contribution >= 4 is 5.90 Å². The van der Waals surface area contributed by atoms with Crippen LogP contribution in [0, 0.1) is 56.2 Å². The van der Waals surface area contributed by atoms with Crippen molar-refractivity contribution < 1.29 is 22.6 Å². The average molecular weight is 388 g/mol. The molecule has 0 aliphatic carbocycles. The fraction of sp³-hybridized carbons (Fsp3) is 0.474. The van der Waals surface area contributed by atoms with Crippen LogP contribution in [-0.2, 0) is 15.7 Å². The molecule has 0 spiro atoms. The van der Waals surface area contributed by atoms with E-state index in [0.717, 1.165) is 24.3 Å². The van der Waals surface area contributed by atoms with Gasteiger partial charge in [0.05, 0.1) is 29.7 Å². The second-order valence-electron chi connectivity index (χ2n) is 6.89. The van der Waals surface area contributed by atoms with E-state index in [2.05, 4.69) is 0 Å². The summed E-state index contributed by atoms with van der Waals surface area (Å²) >= 11 is 0. The summed E-state index contributed by atoms with van der Waals surface area (Å²) in [5, 5.41) is 38.1. The van der Waals surface area contributed by atoms with Gasteiger partial charge in [0.25, 0.3) is 0 Å². The quantitative estimate of drug-likeness (QED) is 0.820. The highest BCUT2D eigenvalue weighted by molar-refractivity contribution is 5.89. The molecular formula is C19H15F3N4O2. The summed E-state index contributed by atoms with van der Waals surface area (Å²) < 4.78 is 50.2. The summed E-state index contributed by atoms with van der Waals surface area (Å²) in [5.74, 6) is -2.79. The zero-order valence-electron chi connectivity index (χ0n) is 15.0. The zero-order chi connectivity index (χ0) is 21.0. The van der Waals surface area contributed by atoms with Gasteiger partial charge in [0, 0.05) is 6.42 Å². The first-order valence-electron chi connectivity index (χ1n) is 8.45. The molecule has 1 aromatic carbocycles. The second kappa shape index (κ2) is 5.95. The molecule has 1 N–H and O–H groups in total. The van der Waals surface area contributed by atoms with Gasteiger partial charge in [-0.2, -0.15) is 29.0 Å². The van der Waals surface area contributed by atoms with Crippen LogP contribution in [0.25, 0.3) is 0 Å². The molecule has 0 saturated carbocycles. The van der Waals surface area contributed by atoms with Crippen LogP contribution in [0.3, 0.4) is 0 Å². The van der Waals surface area contributed by atoms with Crippen molar-refractivity contribution in [3.8, 4) is 18.2 Å². The van der Waals surface area contributed by atoms with E-state index in [4.69, 9.17) is 14.9 Å². The predicted octanol–water partition coefficient (Wildman–Crippen LogP) is 4.07. The first-order valence-corrected chi connectivity index (χ1v) is 8.45. The van der Waals surface area contributed by atoms with Crippen molar-refractivity contribution in [3.63, 3.8) is 0 Å². The Kier molecular flexibility index (Phi) is 4.18. The van der Waals surface area contributed by atoms with E-state index in [9.17, 15) is 29.0 Å². The third kappa shape index (κ3) is 2.13. The number of nitrogens with zero attached hydrogens (tertiary/aromatic N) is 3. The molecule has 144 valence electrons. The highest BCUT2D eigenvalue weighted by atomic mass is 19.4. The van der Waals surface area contributed by atoms with Crippen molar-refractivity contribution in [1.82, 2.24) is 0 Å². The van der Waals surface area contributed by atoms with E-state index in [1.54, 1.807) is 13.8 Å². The Bertz CT molecular complexity index is 940. The van der Waals surface area contributed by atoms with Gasteiger partial charge in [-0.05, 0) is 17.7 Å². The molecule has 0 aromatic heterocycles. The molecule has 2 aliphatic rings. The van der Waals surface area contributed by atoms with Crippen LogP contribution in [-0.4, -0.2) is 11.7 Å². The third-order valence-corrected chi connectivity index (χ3v) is 5.84. The molecule has 0 radical (unpaired) electrons. The summed E-state index contributed by atoms with van der Waals surface area (Å²) in [6.45, 7) is 3.27. The minimum atomic E-state index is -4.55. The first kappa shape index (κ1) is 19.7. The Morgan fingerprint density at radius 2 is 1.68 bits per heavy atom. The van der Waals surface area contributed by atoms with Crippen LogP contribution in [0.4, 0.5) is 13.2 Å². The zero-order valence-corrected chi connectivity index (χ0v) is 15.0. The van der Waals surface area contributed by atoms with E-state index in [1.165, 1.54) is 0 Å². The average Bonchev–Trinajstić information content (AvgIpc) is 2.83. The van der Waals surface area contributed by atoms with Gasteiger partial charge >= 0.3 is 6.18 Å². The Balaban J connectivity index is 2.25. The van der Waals surface area contributed by atoms with Crippen molar-refractivity contribution in [3.05, 3.63) is 35.4 Å². The van der Waals surface area contributed by atoms with Gasteiger partial charge in [0.15, 0.2) is 5.41 Å². The number of nitriles is 3. The first-order chi connectivity index (χ1) is 13.1. The molecule has 6 nitrogen and oxygen atoms in total. The van der Waals surface area contributed by atoms with Crippen LogP contribution in [0.1, 0.15) is 37.5 Å². The molecule has 2 saturated heterocycles. The molecule has 2 bridgehead atoms. The molecule has 28 heavy (non-hydrogen) atoms. The van der Waals surface area contributed by atoms with E-state index in [0.29, 0.717) is 0 Å². The number of hydrogen-bond donors (Lipinski definition) is 1.